The molecule has 100 valence electrons. The first-order valence-electron chi connectivity index (χ1n) is 7.27. The van der Waals surface area contributed by atoms with Gasteiger partial charge in [-0.25, -0.2) is 5.01 Å². The number of aryl methyl sites for hydroxylation is 1. The van der Waals surface area contributed by atoms with Crippen LogP contribution in [0.15, 0.2) is 35.4 Å². The maximum absolute atomic E-state index is 12.2. The van der Waals surface area contributed by atoms with Gasteiger partial charge in [0.15, 0.2) is 0 Å². The van der Waals surface area contributed by atoms with Gasteiger partial charge in [-0.2, -0.15) is 5.10 Å². The van der Waals surface area contributed by atoms with E-state index in [0.717, 1.165) is 37.9 Å². The zero-order chi connectivity index (χ0) is 13.1. The van der Waals surface area contributed by atoms with Gasteiger partial charge >= 0.3 is 0 Å². The third-order valence-corrected chi connectivity index (χ3v) is 4.06. The summed E-state index contributed by atoms with van der Waals surface area (Å²) < 4.78 is 0. The molecule has 0 spiro atoms. The lowest BCUT2D eigenvalue weighted by atomic mass is 9.87. The van der Waals surface area contributed by atoms with Crippen molar-refractivity contribution in [2.24, 2.45) is 11.0 Å². The lowest BCUT2D eigenvalue weighted by molar-refractivity contribution is -0.132. The fourth-order valence-corrected chi connectivity index (χ4v) is 3.00. The van der Waals surface area contributed by atoms with Crippen LogP contribution in [0.4, 0.5) is 0 Å². The molecule has 3 rings (SSSR count). The number of nitrogens with zero attached hydrogens (tertiary/aromatic N) is 2. The van der Waals surface area contributed by atoms with E-state index in [1.807, 2.05) is 6.07 Å². The number of amides is 1. The first kappa shape index (κ1) is 12.4. The van der Waals surface area contributed by atoms with E-state index in [4.69, 9.17) is 0 Å². The van der Waals surface area contributed by atoms with E-state index >= 15 is 0 Å². The zero-order valence-corrected chi connectivity index (χ0v) is 11.2. The lowest BCUT2D eigenvalue weighted by Gasteiger charge is -2.16. The third-order valence-electron chi connectivity index (χ3n) is 4.06. The van der Waals surface area contributed by atoms with Crippen LogP contribution >= 0.6 is 0 Å². The van der Waals surface area contributed by atoms with Crippen molar-refractivity contribution in [2.45, 2.75) is 38.5 Å². The number of carbonyl (C=O) groups is 1. The predicted octanol–water partition coefficient (Wildman–Crippen LogP) is 3.01. The van der Waals surface area contributed by atoms with Crippen molar-refractivity contribution in [2.75, 3.05) is 6.54 Å². The predicted molar refractivity (Wildman–Crippen MR) is 75.9 cm³/mol. The van der Waals surface area contributed by atoms with Crippen molar-refractivity contribution in [3.63, 3.8) is 0 Å². The summed E-state index contributed by atoms with van der Waals surface area (Å²) in [6.45, 7) is 0.758. The Morgan fingerprint density at radius 2 is 2.05 bits per heavy atom. The van der Waals surface area contributed by atoms with Gasteiger partial charge in [0.05, 0.1) is 11.6 Å². The molecule has 0 N–H and O–H groups in total. The largest absolute Gasteiger partial charge is 0.272 e. The van der Waals surface area contributed by atoms with E-state index in [1.54, 1.807) is 5.01 Å². The summed E-state index contributed by atoms with van der Waals surface area (Å²) in [5, 5.41) is 6.24. The van der Waals surface area contributed by atoms with Gasteiger partial charge in [0, 0.05) is 6.54 Å². The highest BCUT2D eigenvalue weighted by molar-refractivity contribution is 6.08. The van der Waals surface area contributed by atoms with Crippen LogP contribution in [0.25, 0.3) is 0 Å². The van der Waals surface area contributed by atoms with Crippen LogP contribution in [-0.2, 0) is 11.2 Å². The fourth-order valence-electron chi connectivity index (χ4n) is 3.00. The average molecular weight is 256 g/mol. The molecule has 1 amide bonds. The molecular formula is C16H20N2O. The van der Waals surface area contributed by atoms with E-state index < -0.39 is 0 Å². The monoisotopic (exact) mass is 256 g/mol. The highest BCUT2D eigenvalue weighted by Gasteiger charge is 2.36. The smallest absolute Gasteiger partial charge is 0.251 e. The van der Waals surface area contributed by atoms with Gasteiger partial charge < -0.3 is 0 Å². The number of hydrazone groups is 1. The SMILES string of the molecule is O=C1C2CCCCC2=NN1CCCc1ccccc1. The van der Waals surface area contributed by atoms with Crippen LogP contribution in [0.1, 0.15) is 37.7 Å². The Morgan fingerprint density at radius 3 is 2.84 bits per heavy atom. The molecule has 19 heavy (non-hydrogen) atoms. The zero-order valence-electron chi connectivity index (χ0n) is 11.2. The van der Waals surface area contributed by atoms with Gasteiger partial charge in [-0.15, -0.1) is 0 Å². The number of hydrogen-bond donors (Lipinski definition) is 0. The molecule has 0 radical (unpaired) electrons. The summed E-state index contributed by atoms with van der Waals surface area (Å²) in [5.74, 6) is 0.355. The summed E-state index contributed by atoms with van der Waals surface area (Å²) in [5.41, 5.74) is 2.47. The average Bonchev–Trinajstić information content (AvgIpc) is 2.78. The van der Waals surface area contributed by atoms with Gasteiger partial charge in [-0.3, -0.25) is 4.79 Å². The molecule has 1 atom stereocenters. The number of rotatable bonds is 4. The molecule has 1 unspecified atom stereocenters. The van der Waals surface area contributed by atoms with Gasteiger partial charge in [0.1, 0.15) is 0 Å². The second kappa shape index (κ2) is 5.55. The van der Waals surface area contributed by atoms with Crippen LogP contribution in [0.2, 0.25) is 0 Å². The lowest BCUT2D eigenvalue weighted by Crippen LogP contribution is -2.29. The van der Waals surface area contributed by atoms with Crippen LogP contribution in [0, 0.1) is 5.92 Å². The molecule has 1 aromatic carbocycles. The first-order chi connectivity index (χ1) is 9.34. The molecule has 1 aliphatic heterocycles. The van der Waals surface area contributed by atoms with Gasteiger partial charge in [0.25, 0.3) is 5.91 Å². The normalized spacial score (nSPS) is 22.3. The molecule has 2 aliphatic rings. The number of fused-ring (bicyclic) bond motifs is 1. The Morgan fingerprint density at radius 1 is 1.21 bits per heavy atom. The molecule has 3 nitrogen and oxygen atoms in total. The molecule has 1 aliphatic carbocycles. The highest BCUT2D eigenvalue weighted by Crippen LogP contribution is 2.29. The number of benzene rings is 1. The van der Waals surface area contributed by atoms with Crippen molar-refractivity contribution in [1.82, 2.24) is 5.01 Å². The van der Waals surface area contributed by atoms with Crippen molar-refractivity contribution < 1.29 is 4.79 Å². The fraction of sp³-hybridized carbons (Fsp3) is 0.500. The van der Waals surface area contributed by atoms with Crippen LogP contribution in [0.5, 0.6) is 0 Å². The third kappa shape index (κ3) is 2.70. The summed E-state index contributed by atoms with van der Waals surface area (Å²) in [4.78, 5) is 12.2. The van der Waals surface area contributed by atoms with Gasteiger partial charge in [0.2, 0.25) is 0 Å². The number of hydrogen-bond acceptors (Lipinski definition) is 2. The molecule has 0 aromatic heterocycles. The molecule has 1 heterocycles. The Kier molecular flexibility index (Phi) is 3.62. The highest BCUT2D eigenvalue weighted by atomic mass is 16.2. The molecule has 3 heteroatoms. The van der Waals surface area contributed by atoms with Crippen molar-refractivity contribution in [3.8, 4) is 0 Å². The molecular weight excluding hydrogens is 236 g/mol. The van der Waals surface area contributed by atoms with Crippen LogP contribution in [-0.4, -0.2) is 23.2 Å². The Hall–Kier alpha value is -1.64. The second-order valence-electron chi connectivity index (χ2n) is 5.44. The number of carbonyl (C=O) groups excluding carboxylic acids is 1. The van der Waals surface area contributed by atoms with E-state index in [-0.39, 0.29) is 11.8 Å². The van der Waals surface area contributed by atoms with E-state index in [1.165, 1.54) is 18.4 Å². The summed E-state index contributed by atoms with van der Waals surface area (Å²) >= 11 is 0. The quantitative estimate of drug-likeness (QED) is 0.815. The Balaban J connectivity index is 1.53. The van der Waals surface area contributed by atoms with Crippen LogP contribution < -0.4 is 0 Å². The minimum atomic E-state index is 0.116. The topological polar surface area (TPSA) is 32.7 Å². The first-order valence-corrected chi connectivity index (χ1v) is 7.27. The Labute approximate surface area is 114 Å². The standard InChI is InChI=1S/C16H20N2O/c19-16-14-10-4-5-11-15(14)17-18(16)12-6-9-13-7-2-1-3-8-13/h1-3,7-8,14H,4-6,9-12H2. The minimum absolute atomic E-state index is 0.116. The molecule has 0 saturated heterocycles. The Bertz CT molecular complexity index is 481. The van der Waals surface area contributed by atoms with Gasteiger partial charge in [-0.1, -0.05) is 36.8 Å². The second-order valence-corrected chi connectivity index (χ2v) is 5.44. The van der Waals surface area contributed by atoms with Crippen molar-refractivity contribution >= 4 is 11.6 Å². The maximum atomic E-state index is 12.2. The molecule has 1 aromatic rings. The maximum Gasteiger partial charge on any atom is 0.251 e. The summed E-state index contributed by atoms with van der Waals surface area (Å²) in [6.07, 6.45) is 6.39. The summed E-state index contributed by atoms with van der Waals surface area (Å²) in [6, 6.07) is 10.4. The van der Waals surface area contributed by atoms with E-state index in [9.17, 15) is 4.79 Å². The summed E-state index contributed by atoms with van der Waals surface area (Å²) in [7, 11) is 0. The van der Waals surface area contributed by atoms with Crippen LogP contribution in [0.3, 0.4) is 0 Å². The van der Waals surface area contributed by atoms with Gasteiger partial charge in [-0.05, 0) is 37.7 Å². The molecule has 1 fully saturated rings. The molecule has 0 bridgehead atoms. The van der Waals surface area contributed by atoms with E-state index in [2.05, 4.69) is 29.4 Å². The van der Waals surface area contributed by atoms with E-state index in [0.29, 0.717) is 0 Å². The van der Waals surface area contributed by atoms with Crippen molar-refractivity contribution in [3.05, 3.63) is 35.9 Å². The molecule has 1 saturated carbocycles. The van der Waals surface area contributed by atoms with Crippen molar-refractivity contribution in [1.29, 1.82) is 0 Å². The minimum Gasteiger partial charge on any atom is -0.272 e.